The highest BCUT2D eigenvalue weighted by Gasteiger charge is 2.41. The number of nitrogens with one attached hydrogen (secondary N) is 1. The van der Waals surface area contributed by atoms with Gasteiger partial charge >= 0.3 is 0 Å². The number of hydrogen-bond donors (Lipinski definition) is 1. The van der Waals surface area contributed by atoms with Crippen molar-refractivity contribution in [2.45, 2.75) is 25.4 Å². The number of aromatic nitrogens is 2. The van der Waals surface area contributed by atoms with Gasteiger partial charge in [0.15, 0.2) is 0 Å². The Hall–Kier alpha value is -1.43. The van der Waals surface area contributed by atoms with Crippen LogP contribution in [0.1, 0.15) is 18.5 Å². The molecule has 2 atom stereocenters. The van der Waals surface area contributed by atoms with Crippen molar-refractivity contribution in [3.63, 3.8) is 0 Å². The second-order valence-corrected chi connectivity index (χ2v) is 4.46. The highest BCUT2D eigenvalue weighted by Crippen LogP contribution is 2.27. The number of hydrogen-bond acceptors (Lipinski definition) is 5. The molecule has 2 saturated heterocycles. The van der Waals surface area contributed by atoms with Crippen LogP contribution in [0.5, 0.6) is 0 Å². The van der Waals surface area contributed by atoms with E-state index in [0.717, 1.165) is 31.6 Å². The minimum Gasteiger partial charge on any atom is -0.354 e. The summed E-state index contributed by atoms with van der Waals surface area (Å²) in [5, 5.41) is 10.3. The van der Waals surface area contributed by atoms with Gasteiger partial charge in [0.2, 0.25) is 5.91 Å². The van der Waals surface area contributed by atoms with Gasteiger partial charge in [-0.2, -0.15) is 0 Å². The summed E-state index contributed by atoms with van der Waals surface area (Å²) in [4.78, 5) is 13.9. The smallest absolute Gasteiger partial charge is 0.237 e. The predicted molar refractivity (Wildman–Crippen MR) is 54.2 cm³/mol. The molecule has 0 aromatic carbocycles. The van der Waals surface area contributed by atoms with E-state index in [-0.39, 0.29) is 11.9 Å². The molecule has 86 valence electrons. The average Bonchev–Trinajstić information content (AvgIpc) is 2.90. The number of nitrogens with zero attached hydrogens (tertiary/aromatic N) is 3. The molecule has 3 heterocycles. The summed E-state index contributed by atoms with van der Waals surface area (Å²) in [6.07, 6.45) is 3.88. The number of amides is 1. The summed E-state index contributed by atoms with van der Waals surface area (Å²) in [6, 6.07) is 0.0189. The average molecular weight is 222 g/mol. The van der Waals surface area contributed by atoms with Crippen LogP contribution in [0.4, 0.5) is 0 Å². The Morgan fingerprint density at radius 2 is 2.56 bits per heavy atom. The quantitative estimate of drug-likeness (QED) is 0.749. The Balaban J connectivity index is 1.76. The molecule has 1 aromatic rings. The summed E-state index contributed by atoms with van der Waals surface area (Å²) in [6.45, 7) is 2.41. The molecule has 0 spiro atoms. The van der Waals surface area contributed by atoms with E-state index in [1.54, 1.807) is 6.20 Å². The fourth-order valence-corrected chi connectivity index (χ4v) is 2.72. The van der Waals surface area contributed by atoms with Gasteiger partial charge in [0.05, 0.1) is 12.2 Å². The van der Waals surface area contributed by atoms with Crippen molar-refractivity contribution in [1.29, 1.82) is 0 Å². The first kappa shape index (κ1) is 9.77. The lowest BCUT2D eigenvalue weighted by atomic mass is 9.91. The third-order valence-corrected chi connectivity index (χ3v) is 3.44. The van der Waals surface area contributed by atoms with Gasteiger partial charge in [0, 0.05) is 19.0 Å². The Kier molecular flexibility index (Phi) is 2.36. The van der Waals surface area contributed by atoms with Gasteiger partial charge < -0.3 is 5.32 Å². The van der Waals surface area contributed by atoms with Crippen LogP contribution in [0, 0.1) is 5.92 Å². The molecule has 2 aliphatic rings. The number of likely N-dealkylation sites (tertiary alicyclic amines) is 1. The fourth-order valence-electron chi connectivity index (χ4n) is 2.72. The zero-order valence-corrected chi connectivity index (χ0v) is 8.93. The normalized spacial score (nSPS) is 30.1. The van der Waals surface area contributed by atoms with Crippen LogP contribution in [-0.4, -0.2) is 40.3 Å². The van der Waals surface area contributed by atoms with Gasteiger partial charge in [0.25, 0.3) is 0 Å². The first-order valence-corrected chi connectivity index (χ1v) is 5.63. The molecule has 0 aliphatic carbocycles. The first-order valence-electron chi connectivity index (χ1n) is 5.63. The molecule has 2 fully saturated rings. The van der Waals surface area contributed by atoms with Gasteiger partial charge in [-0.1, -0.05) is 10.3 Å². The second kappa shape index (κ2) is 3.86. The summed E-state index contributed by atoms with van der Waals surface area (Å²) < 4.78 is 4.57. The van der Waals surface area contributed by atoms with Crippen molar-refractivity contribution in [1.82, 2.24) is 20.5 Å². The van der Waals surface area contributed by atoms with Crippen molar-refractivity contribution >= 4 is 5.91 Å². The third-order valence-electron chi connectivity index (χ3n) is 3.44. The first-order chi connectivity index (χ1) is 7.84. The molecule has 1 amide bonds. The summed E-state index contributed by atoms with van der Waals surface area (Å²) in [5.74, 6) is 0.613. The van der Waals surface area contributed by atoms with Gasteiger partial charge in [-0.15, -0.1) is 0 Å². The van der Waals surface area contributed by atoms with Crippen LogP contribution < -0.4 is 5.32 Å². The van der Waals surface area contributed by atoms with Crippen molar-refractivity contribution < 1.29 is 9.42 Å². The van der Waals surface area contributed by atoms with Crippen LogP contribution in [0.25, 0.3) is 0 Å². The maximum absolute atomic E-state index is 11.7. The van der Waals surface area contributed by atoms with E-state index >= 15 is 0 Å². The molecule has 16 heavy (non-hydrogen) atoms. The maximum Gasteiger partial charge on any atom is 0.237 e. The maximum atomic E-state index is 11.7. The molecule has 0 saturated carbocycles. The number of carbonyl (C=O) groups is 1. The SMILES string of the molecule is O=C1NC[C@@H]2CCCN(Cc3cnon3)[C@H]12. The second-order valence-electron chi connectivity index (χ2n) is 4.46. The third kappa shape index (κ3) is 1.59. The topological polar surface area (TPSA) is 71.3 Å². The highest BCUT2D eigenvalue weighted by atomic mass is 16.6. The van der Waals surface area contributed by atoms with Crippen LogP contribution in [-0.2, 0) is 11.3 Å². The zero-order valence-electron chi connectivity index (χ0n) is 8.93. The lowest BCUT2D eigenvalue weighted by Gasteiger charge is -2.34. The van der Waals surface area contributed by atoms with E-state index in [1.165, 1.54) is 0 Å². The van der Waals surface area contributed by atoms with Crippen molar-refractivity contribution in [3.05, 3.63) is 11.9 Å². The van der Waals surface area contributed by atoms with Crippen LogP contribution >= 0.6 is 0 Å². The highest BCUT2D eigenvalue weighted by molar-refractivity contribution is 5.84. The minimum absolute atomic E-state index is 0.0189. The van der Waals surface area contributed by atoms with E-state index in [2.05, 4.69) is 25.2 Å². The minimum atomic E-state index is 0.0189. The summed E-state index contributed by atoms with van der Waals surface area (Å²) in [7, 11) is 0. The van der Waals surface area contributed by atoms with Gasteiger partial charge in [-0.05, 0) is 19.4 Å². The monoisotopic (exact) mass is 222 g/mol. The molecule has 0 unspecified atom stereocenters. The van der Waals surface area contributed by atoms with E-state index in [9.17, 15) is 4.79 Å². The van der Waals surface area contributed by atoms with Crippen molar-refractivity contribution in [2.24, 2.45) is 5.92 Å². The Morgan fingerprint density at radius 1 is 1.62 bits per heavy atom. The number of piperidine rings is 1. The van der Waals surface area contributed by atoms with Crippen LogP contribution in [0.2, 0.25) is 0 Å². The Morgan fingerprint density at radius 3 is 3.38 bits per heavy atom. The van der Waals surface area contributed by atoms with E-state index < -0.39 is 0 Å². The molecule has 0 bridgehead atoms. The van der Waals surface area contributed by atoms with E-state index in [0.29, 0.717) is 12.5 Å². The predicted octanol–water partition coefficient (Wildman–Crippen LogP) is -0.220. The lowest BCUT2D eigenvalue weighted by Crippen LogP contribution is -2.46. The molecule has 6 nitrogen and oxygen atoms in total. The number of carbonyl (C=O) groups excluding carboxylic acids is 1. The molecule has 1 aromatic heterocycles. The largest absolute Gasteiger partial charge is 0.354 e. The van der Waals surface area contributed by atoms with Gasteiger partial charge in [0.1, 0.15) is 5.69 Å². The standard InChI is InChI=1S/C10H14N4O2/c15-10-9-7(4-11-10)2-1-3-14(9)6-8-5-12-16-13-8/h5,7,9H,1-4,6H2,(H,11,15)/t7-,9-/m0/s1. The zero-order chi connectivity index (χ0) is 11.0. The number of fused-ring (bicyclic) bond motifs is 1. The Labute approximate surface area is 92.9 Å². The van der Waals surface area contributed by atoms with E-state index in [4.69, 9.17) is 0 Å². The van der Waals surface area contributed by atoms with Crippen LogP contribution in [0.15, 0.2) is 10.8 Å². The summed E-state index contributed by atoms with van der Waals surface area (Å²) >= 11 is 0. The summed E-state index contributed by atoms with van der Waals surface area (Å²) in [5.41, 5.74) is 0.792. The van der Waals surface area contributed by atoms with Crippen LogP contribution in [0.3, 0.4) is 0 Å². The molecule has 2 aliphatic heterocycles. The number of rotatable bonds is 2. The fraction of sp³-hybridized carbons (Fsp3) is 0.700. The lowest BCUT2D eigenvalue weighted by molar-refractivity contribution is -0.125. The Bertz CT molecular complexity index is 378. The molecule has 1 N–H and O–H groups in total. The molecular formula is C10H14N4O2. The molecule has 0 radical (unpaired) electrons. The van der Waals surface area contributed by atoms with E-state index in [1.807, 2.05) is 0 Å². The van der Waals surface area contributed by atoms with Crippen molar-refractivity contribution in [2.75, 3.05) is 13.1 Å². The molecular weight excluding hydrogens is 208 g/mol. The molecule has 6 heteroatoms. The van der Waals surface area contributed by atoms with Gasteiger partial charge in [-0.25, -0.2) is 4.63 Å². The molecule has 3 rings (SSSR count). The van der Waals surface area contributed by atoms with Gasteiger partial charge in [-0.3, -0.25) is 9.69 Å². The van der Waals surface area contributed by atoms with Crippen molar-refractivity contribution in [3.8, 4) is 0 Å².